The molecule has 162 valence electrons. The van der Waals surface area contributed by atoms with Crippen LogP contribution < -0.4 is 15.1 Å². The lowest BCUT2D eigenvalue weighted by Gasteiger charge is -2.19. The quantitative estimate of drug-likeness (QED) is 0.486. The summed E-state index contributed by atoms with van der Waals surface area (Å²) in [7, 11) is 3.80. The molecule has 7 heteroatoms. The van der Waals surface area contributed by atoms with Crippen molar-refractivity contribution < 1.29 is 9.59 Å². The fourth-order valence-corrected chi connectivity index (χ4v) is 3.85. The standard InChI is InChI=1S/C25H21Cl2N3O2/c1-15-20(27)8-5-9-21(15)28-23-22(16-10-12-17(26)13-11-16)24(31)30(25(23)32)19-7-4-6-18(14-19)29(2)3/h4-14,28H,1-3H3. The summed E-state index contributed by atoms with van der Waals surface area (Å²) in [6, 6.07) is 19.5. The van der Waals surface area contributed by atoms with Crippen molar-refractivity contribution in [1.29, 1.82) is 0 Å². The first kappa shape index (κ1) is 21.9. The summed E-state index contributed by atoms with van der Waals surface area (Å²) in [5.41, 5.74) is 3.88. The maximum Gasteiger partial charge on any atom is 0.282 e. The summed E-state index contributed by atoms with van der Waals surface area (Å²) in [5, 5.41) is 4.28. The largest absolute Gasteiger partial charge is 0.378 e. The van der Waals surface area contributed by atoms with E-state index in [4.69, 9.17) is 23.2 Å². The molecule has 1 aliphatic rings. The maximum atomic E-state index is 13.6. The van der Waals surface area contributed by atoms with E-state index in [1.165, 1.54) is 4.90 Å². The first-order valence-corrected chi connectivity index (χ1v) is 10.7. The highest BCUT2D eigenvalue weighted by atomic mass is 35.5. The van der Waals surface area contributed by atoms with Gasteiger partial charge in [-0.3, -0.25) is 9.59 Å². The number of halogens is 2. The minimum atomic E-state index is -0.435. The van der Waals surface area contributed by atoms with Gasteiger partial charge in [-0.25, -0.2) is 4.90 Å². The second-order valence-corrected chi connectivity index (χ2v) is 8.50. The molecule has 1 heterocycles. The molecule has 3 aromatic carbocycles. The van der Waals surface area contributed by atoms with Gasteiger partial charge in [0.25, 0.3) is 11.8 Å². The summed E-state index contributed by atoms with van der Waals surface area (Å²) >= 11 is 12.3. The van der Waals surface area contributed by atoms with Crippen LogP contribution in [-0.2, 0) is 9.59 Å². The number of nitrogens with one attached hydrogen (secondary N) is 1. The van der Waals surface area contributed by atoms with Crippen molar-refractivity contribution >= 4 is 57.7 Å². The Morgan fingerprint density at radius 1 is 0.875 bits per heavy atom. The molecule has 5 nitrogen and oxygen atoms in total. The van der Waals surface area contributed by atoms with Crippen LogP contribution >= 0.6 is 23.2 Å². The van der Waals surface area contributed by atoms with E-state index in [0.29, 0.717) is 27.0 Å². The van der Waals surface area contributed by atoms with Crippen LogP contribution in [0.25, 0.3) is 5.57 Å². The molecule has 3 aromatic rings. The average Bonchev–Trinajstić information content (AvgIpc) is 3.01. The van der Waals surface area contributed by atoms with Gasteiger partial charge in [-0.15, -0.1) is 0 Å². The predicted octanol–water partition coefficient (Wildman–Crippen LogP) is 5.76. The molecule has 0 unspecified atom stereocenters. The molecule has 0 bridgehead atoms. The van der Waals surface area contributed by atoms with Gasteiger partial charge in [0.1, 0.15) is 5.70 Å². The number of rotatable bonds is 5. The van der Waals surface area contributed by atoms with Gasteiger partial charge in [0, 0.05) is 35.5 Å². The van der Waals surface area contributed by atoms with Gasteiger partial charge in [-0.1, -0.05) is 47.5 Å². The normalized spacial score (nSPS) is 13.7. The number of benzene rings is 3. The van der Waals surface area contributed by atoms with E-state index in [-0.39, 0.29) is 11.3 Å². The summed E-state index contributed by atoms with van der Waals surface area (Å²) in [5.74, 6) is -0.842. The molecule has 0 radical (unpaired) electrons. The third-order valence-corrected chi connectivity index (χ3v) is 6.01. The van der Waals surface area contributed by atoms with Crippen LogP contribution in [0, 0.1) is 6.92 Å². The van der Waals surface area contributed by atoms with Crippen molar-refractivity contribution in [3.8, 4) is 0 Å². The molecule has 1 N–H and O–H groups in total. The van der Waals surface area contributed by atoms with Crippen molar-refractivity contribution in [3.63, 3.8) is 0 Å². The molecule has 1 aliphatic heterocycles. The SMILES string of the molecule is Cc1c(Cl)cccc1NC1=C(c2ccc(Cl)cc2)C(=O)N(c2cccc(N(C)C)c2)C1=O. The first-order valence-electron chi connectivity index (χ1n) is 9.96. The van der Waals surface area contributed by atoms with Crippen LogP contribution in [-0.4, -0.2) is 25.9 Å². The van der Waals surface area contributed by atoms with Crippen molar-refractivity contribution in [2.24, 2.45) is 0 Å². The number of anilines is 3. The predicted molar refractivity (Wildman–Crippen MR) is 131 cm³/mol. The molecule has 4 rings (SSSR count). The van der Waals surface area contributed by atoms with E-state index in [2.05, 4.69) is 5.32 Å². The lowest BCUT2D eigenvalue weighted by molar-refractivity contribution is -0.120. The number of hydrogen-bond acceptors (Lipinski definition) is 4. The second kappa shape index (κ2) is 8.69. The zero-order valence-corrected chi connectivity index (χ0v) is 19.3. The van der Waals surface area contributed by atoms with Crippen molar-refractivity contribution in [2.75, 3.05) is 29.2 Å². The van der Waals surface area contributed by atoms with Crippen LogP contribution in [0.3, 0.4) is 0 Å². The topological polar surface area (TPSA) is 52.7 Å². The molecule has 0 spiro atoms. The highest BCUT2D eigenvalue weighted by Crippen LogP contribution is 2.36. The fraction of sp³-hybridized carbons (Fsp3) is 0.120. The number of imide groups is 1. The lowest BCUT2D eigenvalue weighted by atomic mass is 10.0. The summed E-state index contributed by atoms with van der Waals surface area (Å²) in [6.07, 6.45) is 0. The zero-order valence-electron chi connectivity index (χ0n) is 17.8. The Kier molecular flexibility index (Phi) is 5.96. The smallest absolute Gasteiger partial charge is 0.282 e. The monoisotopic (exact) mass is 465 g/mol. The fourth-order valence-electron chi connectivity index (χ4n) is 3.55. The Balaban J connectivity index is 1.84. The van der Waals surface area contributed by atoms with Crippen LogP contribution in [0.4, 0.5) is 17.1 Å². The van der Waals surface area contributed by atoms with Gasteiger partial charge in [0.05, 0.1) is 11.3 Å². The number of carbonyl (C=O) groups excluding carboxylic acids is 2. The Bertz CT molecular complexity index is 1250. The van der Waals surface area contributed by atoms with Gasteiger partial charge in [0.2, 0.25) is 0 Å². The average molecular weight is 466 g/mol. The molecule has 0 saturated carbocycles. The summed E-state index contributed by atoms with van der Waals surface area (Å²) < 4.78 is 0. The van der Waals surface area contributed by atoms with Crippen LogP contribution in [0.15, 0.2) is 72.4 Å². The van der Waals surface area contributed by atoms with E-state index < -0.39 is 11.8 Å². The van der Waals surface area contributed by atoms with Gasteiger partial charge in [0.15, 0.2) is 0 Å². The van der Waals surface area contributed by atoms with Gasteiger partial charge >= 0.3 is 0 Å². The molecule has 0 aliphatic carbocycles. The Morgan fingerprint density at radius 2 is 1.56 bits per heavy atom. The number of hydrogen-bond donors (Lipinski definition) is 1. The highest BCUT2D eigenvalue weighted by Gasteiger charge is 2.40. The summed E-state index contributed by atoms with van der Waals surface area (Å²) in [4.78, 5) is 30.2. The molecule has 32 heavy (non-hydrogen) atoms. The van der Waals surface area contributed by atoms with Crippen molar-refractivity contribution in [3.05, 3.63) is 93.6 Å². The first-order chi connectivity index (χ1) is 15.3. The van der Waals surface area contributed by atoms with Crippen LogP contribution in [0.2, 0.25) is 10.0 Å². The van der Waals surface area contributed by atoms with E-state index >= 15 is 0 Å². The molecule has 0 atom stereocenters. The highest BCUT2D eigenvalue weighted by molar-refractivity contribution is 6.46. The summed E-state index contributed by atoms with van der Waals surface area (Å²) in [6.45, 7) is 1.85. The zero-order chi connectivity index (χ0) is 23.0. The van der Waals surface area contributed by atoms with Gasteiger partial charge < -0.3 is 10.2 Å². The van der Waals surface area contributed by atoms with E-state index in [9.17, 15) is 9.59 Å². The third kappa shape index (κ3) is 3.97. The Hall–Kier alpha value is -3.28. The Morgan fingerprint density at radius 3 is 2.25 bits per heavy atom. The van der Waals surface area contributed by atoms with Crippen LogP contribution in [0.1, 0.15) is 11.1 Å². The number of carbonyl (C=O) groups is 2. The number of nitrogens with zero attached hydrogens (tertiary/aromatic N) is 2. The van der Waals surface area contributed by atoms with E-state index in [1.54, 1.807) is 42.5 Å². The van der Waals surface area contributed by atoms with Gasteiger partial charge in [-0.2, -0.15) is 0 Å². The minimum Gasteiger partial charge on any atom is -0.378 e. The third-order valence-electron chi connectivity index (χ3n) is 5.35. The number of amides is 2. The minimum absolute atomic E-state index is 0.193. The lowest BCUT2D eigenvalue weighted by Crippen LogP contribution is -2.32. The van der Waals surface area contributed by atoms with Crippen molar-refractivity contribution in [2.45, 2.75) is 6.92 Å². The second-order valence-electron chi connectivity index (χ2n) is 7.65. The molecule has 2 amide bonds. The Labute approximate surface area is 196 Å². The molecular formula is C25H21Cl2N3O2. The van der Waals surface area contributed by atoms with Crippen molar-refractivity contribution in [1.82, 2.24) is 0 Å². The maximum absolute atomic E-state index is 13.6. The molecule has 0 saturated heterocycles. The van der Waals surface area contributed by atoms with E-state index in [1.807, 2.05) is 50.2 Å². The molecule has 0 fully saturated rings. The molecular weight excluding hydrogens is 445 g/mol. The molecule has 0 aromatic heterocycles. The van der Waals surface area contributed by atoms with Gasteiger partial charge in [-0.05, 0) is 60.5 Å². The van der Waals surface area contributed by atoms with E-state index in [0.717, 1.165) is 11.3 Å². The van der Waals surface area contributed by atoms with Crippen LogP contribution in [0.5, 0.6) is 0 Å².